The molecule has 0 saturated carbocycles. The Balaban J connectivity index is 2.40. The summed E-state index contributed by atoms with van der Waals surface area (Å²) in [6.07, 6.45) is -3.75. The van der Waals surface area contributed by atoms with Crippen LogP contribution in [0.3, 0.4) is 0 Å². The Kier molecular flexibility index (Phi) is 7.58. The van der Waals surface area contributed by atoms with E-state index in [2.05, 4.69) is 0 Å². The maximum absolute atomic E-state index is 12.1. The first-order valence-corrected chi connectivity index (χ1v) is 10.4. The molecule has 0 bridgehead atoms. The lowest BCUT2D eigenvalue weighted by Crippen LogP contribution is -2.39. The third-order valence-corrected chi connectivity index (χ3v) is 5.73. The lowest BCUT2D eigenvalue weighted by molar-refractivity contribution is -0.134. The second-order valence-electron chi connectivity index (χ2n) is 7.48. The number of hydrogen-bond acceptors (Lipinski definition) is 4. The van der Waals surface area contributed by atoms with Crippen molar-refractivity contribution >= 4 is 15.9 Å². The van der Waals surface area contributed by atoms with Crippen molar-refractivity contribution in [2.24, 2.45) is 0 Å². The van der Waals surface area contributed by atoms with E-state index in [1.165, 1.54) is 0 Å². The maximum Gasteiger partial charge on any atom is 0.410 e. The Hall–Kier alpha value is -0.990. The number of likely N-dealkylation sites (tertiary alicyclic amines) is 1. The number of ether oxygens (including phenoxy) is 1. The Morgan fingerprint density at radius 2 is 1.76 bits per heavy atom. The summed E-state index contributed by atoms with van der Waals surface area (Å²) in [6, 6.07) is -0.0692. The first-order chi connectivity index (χ1) is 11.3. The summed E-state index contributed by atoms with van der Waals surface area (Å²) in [5.74, 6) is -0.601. The number of halogens is 3. The molecule has 9 heteroatoms. The zero-order valence-electron chi connectivity index (χ0n) is 15.1. The second kappa shape index (κ2) is 8.60. The summed E-state index contributed by atoms with van der Waals surface area (Å²) in [6.45, 7) is 5.93. The van der Waals surface area contributed by atoms with Gasteiger partial charge in [0.05, 0.1) is 11.5 Å². The predicted molar refractivity (Wildman–Crippen MR) is 89.1 cm³/mol. The van der Waals surface area contributed by atoms with Crippen LogP contribution in [0.2, 0.25) is 0 Å². The summed E-state index contributed by atoms with van der Waals surface area (Å²) < 4.78 is 65.2. The zero-order chi connectivity index (χ0) is 19.3. The van der Waals surface area contributed by atoms with Gasteiger partial charge < -0.3 is 9.64 Å². The first-order valence-electron chi connectivity index (χ1n) is 8.56. The number of hydrogen-bond donors (Lipinski definition) is 0. The second-order valence-corrected chi connectivity index (χ2v) is 9.79. The van der Waals surface area contributed by atoms with Gasteiger partial charge in [0.1, 0.15) is 15.4 Å². The minimum atomic E-state index is -4.33. The van der Waals surface area contributed by atoms with Crippen molar-refractivity contribution in [1.82, 2.24) is 4.90 Å². The fraction of sp³-hybridized carbons (Fsp3) is 0.938. The number of carbonyl (C=O) groups excluding carboxylic acids is 1. The summed E-state index contributed by atoms with van der Waals surface area (Å²) in [7, 11) is -3.50. The van der Waals surface area contributed by atoms with Crippen LogP contribution in [0.1, 0.15) is 59.3 Å². The molecule has 1 saturated heterocycles. The number of amides is 1. The van der Waals surface area contributed by atoms with Crippen molar-refractivity contribution in [2.45, 2.75) is 77.1 Å². The molecule has 0 spiro atoms. The van der Waals surface area contributed by atoms with E-state index in [0.717, 1.165) is 12.8 Å². The number of rotatable bonds is 7. The largest absolute Gasteiger partial charge is 0.444 e. The van der Waals surface area contributed by atoms with Crippen molar-refractivity contribution in [1.29, 1.82) is 0 Å². The molecule has 1 fully saturated rings. The molecule has 25 heavy (non-hydrogen) atoms. The van der Waals surface area contributed by atoms with Gasteiger partial charge in [0.15, 0.2) is 0 Å². The SMILES string of the molecule is CC(C)(C)OC(=O)N1CCC[C@H]1CCCS(=O)(=O)CCCC(F)(F)F. The first kappa shape index (κ1) is 22.1. The fourth-order valence-corrected chi connectivity index (χ4v) is 4.22. The molecule has 5 nitrogen and oxygen atoms in total. The van der Waals surface area contributed by atoms with E-state index < -0.39 is 46.3 Å². The molecule has 1 heterocycles. The van der Waals surface area contributed by atoms with Gasteiger partial charge in [-0.2, -0.15) is 13.2 Å². The number of carbonyl (C=O) groups is 1. The molecule has 1 amide bonds. The molecule has 0 aromatic rings. The van der Waals surface area contributed by atoms with Crippen LogP contribution in [0.15, 0.2) is 0 Å². The van der Waals surface area contributed by atoms with Gasteiger partial charge in [-0.1, -0.05) is 0 Å². The molecule has 1 aliphatic heterocycles. The van der Waals surface area contributed by atoms with Crippen LogP contribution in [0.4, 0.5) is 18.0 Å². The van der Waals surface area contributed by atoms with Crippen LogP contribution < -0.4 is 0 Å². The minimum Gasteiger partial charge on any atom is -0.444 e. The van der Waals surface area contributed by atoms with E-state index in [-0.39, 0.29) is 11.8 Å². The van der Waals surface area contributed by atoms with Crippen LogP contribution in [0.25, 0.3) is 0 Å². The molecule has 0 aliphatic carbocycles. The molecule has 0 unspecified atom stereocenters. The van der Waals surface area contributed by atoms with Crippen molar-refractivity contribution in [2.75, 3.05) is 18.1 Å². The highest BCUT2D eigenvalue weighted by Crippen LogP contribution is 2.25. The van der Waals surface area contributed by atoms with E-state index in [9.17, 15) is 26.4 Å². The molecular formula is C16H28F3NO4S. The Labute approximate surface area is 147 Å². The van der Waals surface area contributed by atoms with E-state index in [1.54, 1.807) is 25.7 Å². The highest BCUT2D eigenvalue weighted by atomic mass is 32.2. The monoisotopic (exact) mass is 387 g/mol. The van der Waals surface area contributed by atoms with E-state index >= 15 is 0 Å². The van der Waals surface area contributed by atoms with Crippen LogP contribution in [-0.4, -0.2) is 55.3 Å². The van der Waals surface area contributed by atoms with Crippen molar-refractivity contribution in [3.05, 3.63) is 0 Å². The molecule has 1 aliphatic rings. The third-order valence-electron chi connectivity index (χ3n) is 3.91. The predicted octanol–water partition coefficient (Wildman–Crippen LogP) is 3.92. The van der Waals surface area contributed by atoms with E-state index in [1.807, 2.05) is 0 Å². The fourth-order valence-electron chi connectivity index (χ4n) is 2.83. The summed E-state index contributed by atoms with van der Waals surface area (Å²) in [5.41, 5.74) is -0.591. The molecule has 148 valence electrons. The lowest BCUT2D eigenvalue weighted by Gasteiger charge is -2.28. The number of sulfone groups is 1. The zero-order valence-corrected chi connectivity index (χ0v) is 15.9. The molecular weight excluding hydrogens is 359 g/mol. The molecule has 0 radical (unpaired) electrons. The summed E-state index contributed by atoms with van der Waals surface area (Å²) in [4.78, 5) is 13.8. The van der Waals surface area contributed by atoms with E-state index in [4.69, 9.17) is 4.74 Å². The van der Waals surface area contributed by atoms with Gasteiger partial charge in [-0.15, -0.1) is 0 Å². The van der Waals surface area contributed by atoms with Crippen LogP contribution in [0, 0.1) is 0 Å². The van der Waals surface area contributed by atoms with Crippen molar-refractivity contribution in [3.63, 3.8) is 0 Å². The molecule has 0 aromatic carbocycles. The average Bonchev–Trinajstić information content (AvgIpc) is 2.83. The van der Waals surface area contributed by atoms with Gasteiger partial charge >= 0.3 is 12.3 Å². The topological polar surface area (TPSA) is 63.7 Å². The smallest absolute Gasteiger partial charge is 0.410 e. The third kappa shape index (κ3) is 9.32. The van der Waals surface area contributed by atoms with Crippen LogP contribution in [-0.2, 0) is 14.6 Å². The average molecular weight is 387 g/mol. The Bertz CT molecular complexity index is 541. The van der Waals surface area contributed by atoms with Gasteiger partial charge in [-0.05, 0) is 52.9 Å². The van der Waals surface area contributed by atoms with Gasteiger partial charge in [-0.3, -0.25) is 0 Å². The van der Waals surface area contributed by atoms with Crippen LogP contribution in [0.5, 0.6) is 0 Å². The van der Waals surface area contributed by atoms with Gasteiger partial charge in [-0.25, -0.2) is 13.2 Å². The maximum atomic E-state index is 12.1. The molecule has 0 aromatic heterocycles. The summed E-state index contributed by atoms with van der Waals surface area (Å²) in [5, 5.41) is 0. The minimum absolute atomic E-state index is 0.0692. The Morgan fingerprint density at radius 3 is 2.32 bits per heavy atom. The number of alkyl halides is 3. The summed E-state index contributed by atoms with van der Waals surface area (Å²) >= 11 is 0. The highest BCUT2D eigenvalue weighted by Gasteiger charge is 2.32. The molecule has 1 atom stereocenters. The normalized spacial score (nSPS) is 19.3. The Morgan fingerprint density at radius 1 is 1.16 bits per heavy atom. The van der Waals surface area contributed by atoms with Crippen molar-refractivity contribution in [3.8, 4) is 0 Å². The quantitative estimate of drug-likeness (QED) is 0.664. The van der Waals surface area contributed by atoms with Gasteiger partial charge in [0, 0.05) is 19.0 Å². The van der Waals surface area contributed by atoms with Crippen LogP contribution >= 0.6 is 0 Å². The lowest BCUT2D eigenvalue weighted by atomic mass is 10.1. The van der Waals surface area contributed by atoms with Gasteiger partial charge in [0.25, 0.3) is 0 Å². The molecule has 1 rings (SSSR count). The molecule has 0 N–H and O–H groups in total. The van der Waals surface area contributed by atoms with Crippen molar-refractivity contribution < 1.29 is 31.1 Å². The van der Waals surface area contributed by atoms with Gasteiger partial charge in [0.2, 0.25) is 0 Å². The number of nitrogens with zero attached hydrogens (tertiary/aromatic N) is 1. The highest BCUT2D eigenvalue weighted by molar-refractivity contribution is 7.91. The standard InChI is InChI=1S/C16H28F3NO4S/c1-15(2,3)24-14(21)20-10-4-7-13(20)8-5-11-25(22,23)12-6-9-16(17,18)19/h13H,4-12H2,1-3H3/t13-/m0/s1. The van der Waals surface area contributed by atoms with E-state index in [0.29, 0.717) is 19.4 Å².